The van der Waals surface area contributed by atoms with E-state index in [1.54, 1.807) is 6.20 Å². The molecule has 1 unspecified atom stereocenters. The van der Waals surface area contributed by atoms with Gasteiger partial charge in [0.05, 0.1) is 17.9 Å². The van der Waals surface area contributed by atoms with Crippen molar-refractivity contribution in [2.24, 2.45) is 5.84 Å². The third-order valence-electron chi connectivity index (χ3n) is 2.75. The molecule has 2 aromatic rings. The minimum Gasteiger partial charge on any atom is -0.271 e. The zero-order chi connectivity index (χ0) is 13.0. The first-order valence-corrected chi connectivity index (χ1v) is 6.94. The van der Waals surface area contributed by atoms with Gasteiger partial charge in [-0.3, -0.25) is 5.84 Å². The molecular formula is C12H16IN5. The molecule has 5 nitrogen and oxygen atoms in total. The van der Waals surface area contributed by atoms with Crippen LogP contribution >= 0.6 is 22.6 Å². The van der Waals surface area contributed by atoms with Crippen molar-refractivity contribution in [3.05, 3.63) is 45.3 Å². The molecule has 0 fully saturated rings. The maximum Gasteiger partial charge on any atom is 0.0894 e. The van der Waals surface area contributed by atoms with E-state index in [1.807, 2.05) is 4.68 Å². The maximum absolute atomic E-state index is 5.68. The van der Waals surface area contributed by atoms with Crippen LogP contribution in [0.3, 0.4) is 0 Å². The zero-order valence-electron chi connectivity index (χ0n) is 10.2. The third-order valence-corrected chi connectivity index (χ3v) is 3.47. The second-order valence-electron chi connectivity index (χ2n) is 4.03. The highest BCUT2D eigenvalue weighted by Gasteiger charge is 2.17. The normalized spacial score (nSPS) is 12.6. The van der Waals surface area contributed by atoms with Gasteiger partial charge in [-0.25, -0.2) is 10.1 Å². The van der Waals surface area contributed by atoms with Gasteiger partial charge in [-0.1, -0.05) is 24.3 Å². The van der Waals surface area contributed by atoms with Gasteiger partial charge in [-0.05, 0) is 46.7 Å². The van der Waals surface area contributed by atoms with E-state index in [1.165, 1.54) is 3.57 Å². The molecule has 0 aliphatic heterocycles. The van der Waals surface area contributed by atoms with Gasteiger partial charge >= 0.3 is 0 Å². The minimum atomic E-state index is -0.0800. The van der Waals surface area contributed by atoms with Crippen LogP contribution < -0.4 is 11.3 Å². The summed E-state index contributed by atoms with van der Waals surface area (Å²) in [6.07, 6.45) is 2.78. The molecule has 1 heterocycles. The minimum absolute atomic E-state index is 0.0800. The number of hydrogen-bond acceptors (Lipinski definition) is 4. The van der Waals surface area contributed by atoms with E-state index in [2.05, 4.69) is 69.5 Å². The van der Waals surface area contributed by atoms with Crippen LogP contribution in [0.15, 0.2) is 30.5 Å². The summed E-state index contributed by atoms with van der Waals surface area (Å²) >= 11 is 2.28. The molecule has 6 heteroatoms. The molecule has 0 saturated heterocycles. The van der Waals surface area contributed by atoms with Crippen LogP contribution in [0.5, 0.6) is 0 Å². The van der Waals surface area contributed by atoms with Crippen LogP contribution in [-0.4, -0.2) is 15.0 Å². The first-order chi connectivity index (χ1) is 8.76. The number of benzene rings is 1. The number of halogens is 1. The second kappa shape index (κ2) is 6.26. The summed E-state index contributed by atoms with van der Waals surface area (Å²) in [6.45, 7) is 2.96. The number of nitrogens with two attached hydrogens (primary N) is 1. The summed E-state index contributed by atoms with van der Waals surface area (Å²) in [5, 5.41) is 8.06. The van der Waals surface area contributed by atoms with E-state index in [0.29, 0.717) is 0 Å². The standard InChI is InChI=1S/C12H16IN5/c1-2-7-18-11(8-15-17-18)12(16-14)9-3-5-10(13)6-4-9/h3-6,8,12,16H,2,7,14H2,1H3. The molecule has 0 aliphatic rings. The predicted octanol–water partition coefficient (Wildman–Crippen LogP) is 1.85. The molecule has 18 heavy (non-hydrogen) atoms. The lowest BCUT2D eigenvalue weighted by molar-refractivity contribution is 0.512. The Morgan fingerprint density at radius 2 is 2.11 bits per heavy atom. The van der Waals surface area contributed by atoms with Gasteiger partial charge in [0, 0.05) is 10.1 Å². The van der Waals surface area contributed by atoms with Crippen molar-refractivity contribution in [1.29, 1.82) is 0 Å². The Balaban J connectivity index is 2.32. The fourth-order valence-corrected chi connectivity index (χ4v) is 2.24. The van der Waals surface area contributed by atoms with Crippen LogP contribution in [0.4, 0.5) is 0 Å². The molecule has 0 radical (unpaired) electrons. The van der Waals surface area contributed by atoms with Gasteiger partial charge in [0.25, 0.3) is 0 Å². The Hall–Kier alpha value is -0.990. The first kappa shape index (κ1) is 13.4. The Bertz CT molecular complexity index is 493. The molecule has 0 saturated carbocycles. The van der Waals surface area contributed by atoms with Gasteiger partial charge in [0.15, 0.2) is 0 Å². The lowest BCUT2D eigenvalue weighted by Gasteiger charge is -2.17. The Kier molecular flexibility index (Phi) is 4.67. The molecule has 1 aromatic carbocycles. The van der Waals surface area contributed by atoms with Gasteiger partial charge in [0.1, 0.15) is 0 Å². The smallest absolute Gasteiger partial charge is 0.0894 e. The Morgan fingerprint density at radius 3 is 2.72 bits per heavy atom. The number of hydrazine groups is 1. The molecular weight excluding hydrogens is 341 g/mol. The van der Waals surface area contributed by atoms with Crippen molar-refractivity contribution in [1.82, 2.24) is 20.4 Å². The summed E-state index contributed by atoms with van der Waals surface area (Å²) < 4.78 is 3.09. The van der Waals surface area contributed by atoms with Crippen molar-refractivity contribution < 1.29 is 0 Å². The molecule has 0 amide bonds. The first-order valence-electron chi connectivity index (χ1n) is 5.86. The van der Waals surface area contributed by atoms with Crippen LogP contribution in [0, 0.1) is 3.57 Å². The lowest BCUT2D eigenvalue weighted by Crippen LogP contribution is -2.30. The summed E-state index contributed by atoms with van der Waals surface area (Å²) in [5.41, 5.74) is 4.93. The largest absolute Gasteiger partial charge is 0.271 e. The molecule has 2 rings (SSSR count). The van der Waals surface area contributed by atoms with Crippen LogP contribution in [-0.2, 0) is 6.54 Å². The summed E-state index contributed by atoms with van der Waals surface area (Å²) in [6, 6.07) is 8.18. The Labute approximate surface area is 120 Å². The Morgan fingerprint density at radius 1 is 1.39 bits per heavy atom. The fraction of sp³-hybridized carbons (Fsp3) is 0.333. The SMILES string of the molecule is CCCn1nncc1C(NN)c1ccc(I)cc1. The number of rotatable bonds is 5. The fourth-order valence-electron chi connectivity index (χ4n) is 1.88. The molecule has 1 atom stereocenters. The van der Waals surface area contributed by atoms with E-state index in [-0.39, 0.29) is 6.04 Å². The highest BCUT2D eigenvalue weighted by molar-refractivity contribution is 14.1. The summed E-state index contributed by atoms with van der Waals surface area (Å²) in [5.74, 6) is 5.68. The van der Waals surface area contributed by atoms with E-state index in [4.69, 9.17) is 5.84 Å². The van der Waals surface area contributed by atoms with E-state index < -0.39 is 0 Å². The zero-order valence-corrected chi connectivity index (χ0v) is 12.3. The van der Waals surface area contributed by atoms with Gasteiger partial charge < -0.3 is 0 Å². The van der Waals surface area contributed by atoms with Crippen molar-refractivity contribution in [3.8, 4) is 0 Å². The van der Waals surface area contributed by atoms with E-state index >= 15 is 0 Å². The van der Waals surface area contributed by atoms with Crippen LogP contribution in [0.1, 0.15) is 30.6 Å². The highest BCUT2D eigenvalue weighted by atomic mass is 127. The van der Waals surface area contributed by atoms with Crippen LogP contribution in [0.2, 0.25) is 0 Å². The molecule has 3 N–H and O–H groups in total. The molecule has 0 spiro atoms. The van der Waals surface area contributed by atoms with E-state index in [9.17, 15) is 0 Å². The number of aryl methyl sites for hydroxylation is 1. The number of hydrogen-bond donors (Lipinski definition) is 2. The number of nitrogens with one attached hydrogen (secondary N) is 1. The van der Waals surface area contributed by atoms with Crippen molar-refractivity contribution >= 4 is 22.6 Å². The monoisotopic (exact) mass is 357 g/mol. The van der Waals surface area contributed by atoms with Gasteiger partial charge in [0.2, 0.25) is 0 Å². The number of nitrogens with zero attached hydrogens (tertiary/aromatic N) is 3. The van der Waals surface area contributed by atoms with Crippen LogP contribution in [0.25, 0.3) is 0 Å². The summed E-state index contributed by atoms with van der Waals surface area (Å²) in [4.78, 5) is 0. The van der Waals surface area contributed by atoms with Crippen molar-refractivity contribution in [3.63, 3.8) is 0 Å². The molecule has 0 bridgehead atoms. The summed E-state index contributed by atoms with van der Waals surface area (Å²) in [7, 11) is 0. The molecule has 96 valence electrons. The highest BCUT2D eigenvalue weighted by Crippen LogP contribution is 2.21. The topological polar surface area (TPSA) is 68.8 Å². The average molecular weight is 357 g/mol. The van der Waals surface area contributed by atoms with Crippen molar-refractivity contribution in [2.75, 3.05) is 0 Å². The number of aromatic nitrogens is 3. The van der Waals surface area contributed by atoms with E-state index in [0.717, 1.165) is 24.2 Å². The molecule has 0 aliphatic carbocycles. The second-order valence-corrected chi connectivity index (χ2v) is 5.28. The predicted molar refractivity (Wildman–Crippen MR) is 78.6 cm³/mol. The van der Waals surface area contributed by atoms with Crippen molar-refractivity contribution in [2.45, 2.75) is 25.9 Å². The third kappa shape index (κ3) is 2.88. The average Bonchev–Trinajstić information content (AvgIpc) is 2.82. The van der Waals surface area contributed by atoms with Gasteiger partial charge in [-0.15, -0.1) is 5.10 Å². The molecule has 1 aromatic heterocycles. The van der Waals surface area contributed by atoms with Gasteiger partial charge in [-0.2, -0.15) is 0 Å². The lowest BCUT2D eigenvalue weighted by atomic mass is 10.1. The quantitative estimate of drug-likeness (QED) is 0.487. The maximum atomic E-state index is 5.68.